The van der Waals surface area contributed by atoms with Crippen LogP contribution in [0.5, 0.6) is 0 Å². The Morgan fingerprint density at radius 1 is 0.943 bits per heavy atom. The van der Waals surface area contributed by atoms with Crippen molar-refractivity contribution in [1.82, 2.24) is 19.5 Å². The van der Waals surface area contributed by atoms with E-state index in [1.807, 2.05) is 58.0 Å². The molecule has 0 bridgehead atoms. The van der Waals surface area contributed by atoms with E-state index in [-0.39, 0.29) is 5.48 Å². The number of piperazine rings is 1. The van der Waals surface area contributed by atoms with Crippen LogP contribution in [0, 0.1) is 11.6 Å². The molecule has 7 nitrogen and oxygen atoms in total. The van der Waals surface area contributed by atoms with E-state index in [1.54, 1.807) is 11.8 Å². The monoisotopic (exact) mass is 499 g/mol. The van der Waals surface area contributed by atoms with Gasteiger partial charge in [-0.3, -0.25) is 9.30 Å². The number of halogens is 2. The fraction of sp³-hybridized carbons (Fsp3) is 0.280. The lowest BCUT2D eigenvalue weighted by atomic mass is 10.0. The summed E-state index contributed by atoms with van der Waals surface area (Å²) in [6.07, 6.45) is 1.14. The van der Waals surface area contributed by atoms with Gasteiger partial charge in [0.05, 0.1) is 5.69 Å². The molecule has 1 saturated heterocycles. The number of aliphatic hydroxyl groups excluding tert-OH is 1. The lowest BCUT2D eigenvalue weighted by Gasteiger charge is -2.36. The molecular formula is C25H27F2N5O2S. The van der Waals surface area contributed by atoms with Crippen LogP contribution in [-0.2, 0) is 0 Å². The molecule has 184 valence electrons. The predicted molar refractivity (Wildman–Crippen MR) is 133 cm³/mol. The third-order valence-corrected chi connectivity index (χ3v) is 7.03. The lowest BCUT2D eigenvalue weighted by Crippen LogP contribution is -2.47. The van der Waals surface area contributed by atoms with Crippen molar-refractivity contribution in [2.75, 3.05) is 43.4 Å². The van der Waals surface area contributed by atoms with E-state index in [9.17, 15) is 13.9 Å². The molecule has 0 amide bonds. The van der Waals surface area contributed by atoms with Gasteiger partial charge in [0.25, 0.3) is 0 Å². The van der Waals surface area contributed by atoms with E-state index in [2.05, 4.69) is 15.1 Å². The third kappa shape index (κ3) is 5.46. The molecule has 5 rings (SSSR count). The van der Waals surface area contributed by atoms with Gasteiger partial charge in [-0.15, -0.1) is 10.2 Å². The molecule has 1 unspecified atom stereocenters. The van der Waals surface area contributed by atoms with E-state index >= 15 is 0 Å². The molecule has 3 N–H and O–H groups in total. The number of anilines is 1. The summed E-state index contributed by atoms with van der Waals surface area (Å²) in [4.78, 5) is 4.29. The molecule has 2 aromatic carbocycles. The second-order valence-corrected chi connectivity index (χ2v) is 9.29. The van der Waals surface area contributed by atoms with Crippen molar-refractivity contribution in [2.45, 2.75) is 11.3 Å². The van der Waals surface area contributed by atoms with Gasteiger partial charge in [0.1, 0.15) is 17.7 Å². The summed E-state index contributed by atoms with van der Waals surface area (Å²) in [6, 6.07) is 17.0. The van der Waals surface area contributed by atoms with Gasteiger partial charge in [0.15, 0.2) is 10.8 Å². The number of aliphatic hydroxyl groups is 1. The van der Waals surface area contributed by atoms with Gasteiger partial charge in [-0.1, -0.05) is 48.2 Å². The first-order valence-corrected chi connectivity index (χ1v) is 12.2. The standard InChI is InChI=1S/C25H25F2N5OS.H2O/c26-19-8-9-22(21(27)17-19)31-13-11-30(12-14-31)15-16-34-25-29-28-24-20(7-4-10-32(24)25)23(33)18-5-2-1-3-6-18;/h1-10,17,23,33H,11-16H2;1H2. The minimum atomic E-state index is -0.769. The Morgan fingerprint density at radius 2 is 1.71 bits per heavy atom. The van der Waals surface area contributed by atoms with Gasteiger partial charge in [-0.05, 0) is 23.8 Å². The maximum atomic E-state index is 14.1. The molecule has 1 aliphatic rings. The zero-order valence-electron chi connectivity index (χ0n) is 19.0. The molecule has 1 aliphatic heterocycles. The maximum Gasteiger partial charge on any atom is 0.195 e. The van der Waals surface area contributed by atoms with Crippen molar-refractivity contribution in [2.24, 2.45) is 0 Å². The summed E-state index contributed by atoms with van der Waals surface area (Å²) in [5.74, 6) is -0.240. The topological polar surface area (TPSA) is 88.4 Å². The number of pyridine rings is 1. The van der Waals surface area contributed by atoms with E-state index < -0.39 is 17.7 Å². The summed E-state index contributed by atoms with van der Waals surface area (Å²) < 4.78 is 29.2. The Kier molecular flexibility index (Phi) is 7.97. The van der Waals surface area contributed by atoms with Crippen LogP contribution < -0.4 is 4.90 Å². The molecule has 3 heterocycles. The average molecular weight is 500 g/mol. The number of thioether (sulfide) groups is 1. The van der Waals surface area contributed by atoms with E-state index in [0.717, 1.165) is 47.7 Å². The number of rotatable bonds is 7. The number of hydrogen-bond donors (Lipinski definition) is 1. The van der Waals surface area contributed by atoms with Crippen molar-refractivity contribution >= 4 is 23.1 Å². The minimum Gasteiger partial charge on any atom is -0.412 e. The van der Waals surface area contributed by atoms with Gasteiger partial charge >= 0.3 is 0 Å². The first kappa shape index (κ1) is 25.1. The lowest BCUT2D eigenvalue weighted by molar-refractivity contribution is 0.221. The largest absolute Gasteiger partial charge is 0.412 e. The van der Waals surface area contributed by atoms with Gasteiger partial charge in [-0.25, -0.2) is 8.78 Å². The van der Waals surface area contributed by atoms with Gasteiger partial charge in [-0.2, -0.15) is 0 Å². The fourth-order valence-corrected chi connectivity index (χ4v) is 5.18. The fourth-order valence-electron chi connectivity index (χ4n) is 4.26. The van der Waals surface area contributed by atoms with E-state index in [0.29, 0.717) is 24.4 Å². The highest BCUT2D eigenvalue weighted by molar-refractivity contribution is 7.99. The number of aromatic nitrogens is 3. The van der Waals surface area contributed by atoms with Crippen molar-refractivity contribution in [1.29, 1.82) is 0 Å². The van der Waals surface area contributed by atoms with Gasteiger partial charge in [0, 0.05) is 56.3 Å². The first-order valence-electron chi connectivity index (χ1n) is 11.2. The van der Waals surface area contributed by atoms with Crippen molar-refractivity contribution in [3.63, 3.8) is 0 Å². The molecule has 1 fully saturated rings. The Labute approximate surface area is 206 Å². The molecular weight excluding hydrogens is 472 g/mol. The van der Waals surface area contributed by atoms with Crippen molar-refractivity contribution in [3.8, 4) is 0 Å². The summed E-state index contributed by atoms with van der Waals surface area (Å²) >= 11 is 1.62. The summed E-state index contributed by atoms with van der Waals surface area (Å²) in [6.45, 7) is 3.88. The molecule has 0 spiro atoms. The van der Waals surface area contributed by atoms with Gasteiger partial charge in [0.2, 0.25) is 0 Å². The zero-order chi connectivity index (χ0) is 23.5. The first-order chi connectivity index (χ1) is 16.6. The molecule has 35 heavy (non-hydrogen) atoms. The minimum absolute atomic E-state index is 0. The predicted octanol–water partition coefficient (Wildman–Crippen LogP) is 3.18. The molecule has 0 saturated carbocycles. The normalized spacial score (nSPS) is 15.2. The third-order valence-electron chi connectivity index (χ3n) is 6.10. The van der Waals surface area contributed by atoms with Crippen LogP contribution in [0.25, 0.3) is 5.65 Å². The maximum absolute atomic E-state index is 14.1. The van der Waals surface area contributed by atoms with Crippen LogP contribution in [0.4, 0.5) is 14.5 Å². The quantitative estimate of drug-likeness (QED) is 0.393. The van der Waals surface area contributed by atoms with Crippen LogP contribution in [0.1, 0.15) is 17.2 Å². The average Bonchev–Trinajstić information content (AvgIpc) is 3.28. The molecule has 0 aliphatic carbocycles. The molecule has 0 radical (unpaired) electrons. The smallest absolute Gasteiger partial charge is 0.195 e. The Bertz CT molecular complexity index is 1270. The van der Waals surface area contributed by atoms with Crippen LogP contribution in [0.3, 0.4) is 0 Å². The second kappa shape index (κ2) is 11.1. The number of benzene rings is 2. The van der Waals surface area contributed by atoms with Gasteiger partial charge < -0.3 is 15.5 Å². The summed E-state index contributed by atoms with van der Waals surface area (Å²) in [5, 5.41) is 20.3. The number of nitrogens with zero attached hydrogens (tertiary/aromatic N) is 5. The number of fused-ring (bicyclic) bond motifs is 1. The molecule has 10 heteroatoms. The Hall–Kier alpha value is -3.05. The molecule has 4 aromatic rings. The molecule has 1 atom stereocenters. The summed E-state index contributed by atoms with van der Waals surface area (Å²) in [5.41, 5.74) is 2.64. The summed E-state index contributed by atoms with van der Waals surface area (Å²) in [7, 11) is 0. The van der Waals surface area contributed by atoms with E-state index in [1.165, 1.54) is 12.1 Å². The highest BCUT2D eigenvalue weighted by Crippen LogP contribution is 2.27. The number of hydrogen-bond acceptors (Lipinski definition) is 6. The van der Waals surface area contributed by atoms with Crippen LogP contribution >= 0.6 is 11.8 Å². The van der Waals surface area contributed by atoms with E-state index in [4.69, 9.17) is 0 Å². The van der Waals surface area contributed by atoms with Crippen LogP contribution in [0.2, 0.25) is 0 Å². The van der Waals surface area contributed by atoms with Crippen LogP contribution in [-0.4, -0.2) is 68.6 Å². The Balaban J connectivity index is 0.00000289. The second-order valence-electron chi connectivity index (χ2n) is 8.23. The zero-order valence-corrected chi connectivity index (χ0v) is 19.8. The van der Waals surface area contributed by atoms with Crippen LogP contribution in [0.15, 0.2) is 72.0 Å². The molecule has 2 aromatic heterocycles. The van der Waals surface area contributed by atoms with Crippen molar-refractivity contribution in [3.05, 3.63) is 89.6 Å². The van der Waals surface area contributed by atoms with Crippen molar-refractivity contribution < 1.29 is 19.4 Å². The Morgan fingerprint density at radius 3 is 2.46 bits per heavy atom. The SMILES string of the molecule is O.OC(c1ccccc1)c1cccn2c(SCCN3CCN(c4ccc(F)cc4F)CC3)nnc12. The highest BCUT2D eigenvalue weighted by Gasteiger charge is 2.21. The highest BCUT2D eigenvalue weighted by atomic mass is 32.2.